The highest BCUT2D eigenvalue weighted by molar-refractivity contribution is 6.01. The van der Waals surface area contributed by atoms with Gasteiger partial charge >= 0.3 is 0 Å². The number of hydrogen-bond donors (Lipinski definition) is 0. The van der Waals surface area contributed by atoms with Crippen molar-refractivity contribution < 1.29 is 0 Å². The molecule has 2 aromatic carbocycles. The van der Waals surface area contributed by atoms with Gasteiger partial charge in [0.25, 0.3) is 0 Å². The number of aromatic nitrogens is 2. The first kappa shape index (κ1) is 17.5. The van der Waals surface area contributed by atoms with E-state index in [1.165, 1.54) is 42.4 Å². The van der Waals surface area contributed by atoms with Crippen molar-refractivity contribution in [3.05, 3.63) is 90.0 Å². The van der Waals surface area contributed by atoms with E-state index in [0.717, 1.165) is 25.3 Å². The van der Waals surface area contributed by atoms with Crippen molar-refractivity contribution in [1.29, 1.82) is 0 Å². The molecule has 138 valence electrons. The maximum atomic E-state index is 5.08. The number of rotatable bonds is 4. The number of imidazole rings is 1. The molecule has 0 radical (unpaired) electrons. The summed E-state index contributed by atoms with van der Waals surface area (Å²) in [6.45, 7) is 2.05. The maximum Gasteiger partial charge on any atom is 0.165 e. The predicted octanol–water partition coefficient (Wildman–Crippen LogP) is 4.56. The topological polar surface area (TPSA) is 33.4 Å². The molecule has 2 heterocycles. The summed E-state index contributed by atoms with van der Waals surface area (Å²) in [5.74, 6) is 0.959. The number of hydrazone groups is 1. The van der Waals surface area contributed by atoms with Gasteiger partial charge in [-0.25, -0.2) is 4.98 Å². The summed E-state index contributed by atoms with van der Waals surface area (Å²) < 4.78 is 2.04. The minimum absolute atomic E-state index is 0.894. The molecular weight excluding hydrogens is 332 g/mol. The highest BCUT2D eigenvalue weighted by atomic mass is 15.5. The molecule has 0 unspecified atom stereocenters. The van der Waals surface area contributed by atoms with E-state index in [-0.39, 0.29) is 0 Å². The molecule has 4 rings (SSSR count). The molecule has 4 nitrogen and oxygen atoms in total. The average molecular weight is 358 g/mol. The fraction of sp³-hybridized carbons (Fsp3) is 0.304. The first-order valence-corrected chi connectivity index (χ1v) is 9.84. The molecule has 0 amide bonds. The number of nitrogens with zero attached hydrogens (tertiary/aromatic N) is 4. The van der Waals surface area contributed by atoms with Gasteiger partial charge in [0.2, 0.25) is 0 Å². The second-order valence-electron chi connectivity index (χ2n) is 7.08. The van der Waals surface area contributed by atoms with Gasteiger partial charge in [-0.15, -0.1) is 0 Å². The molecule has 1 aliphatic rings. The summed E-state index contributed by atoms with van der Waals surface area (Å²) in [4.78, 5) is 4.26. The second-order valence-corrected chi connectivity index (χ2v) is 7.08. The molecule has 0 saturated carbocycles. The van der Waals surface area contributed by atoms with E-state index in [1.807, 2.05) is 23.3 Å². The lowest BCUT2D eigenvalue weighted by atomic mass is 9.99. The normalized spacial score (nSPS) is 15.6. The molecule has 27 heavy (non-hydrogen) atoms. The molecule has 4 heteroatoms. The largest absolute Gasteiger partial charge is 0.295 e. The summed E-state index contributed by atoms with van der Waals surface area (Å²) >= 11 is 0. The average Bonchev–Trinajstić information content (AvgIpc) is 3.12. The number of benzene rings is 2. The van der Waals surface area contributed by atoms with Crippen LogP contribution in [0.4, 0.5) is 0 Å². The van der Waals surface area contributed by atoms with Crippen LogP contribution in [-0.2, 0) is 6.42 Å². The van der Waals surface area contributed by atoms with Crippen LogP contribution in [0.25, 0.3) is 0 Å². The van der Waals surface area contributed by atoms with Crippen molar-refractivity contribution in [2.24, 2.45) is 5.10 Å². The van der Waals surface area contributed by atoms with Crippen molar-refractivity contribution >= 4 is 5.84 Å². The van der Waals surface area contributed by atoms with Crippen LogP contribution >= 0.6 is 0 Å². The molecule has 1 aliphatic heterocycles. The summed E-state index contributed by atoms with van der Waals surface area (Å²) in [5.41, 5.74) is 3.76. The van der Waals surface area contributed by atoms with Crippen molar-refractivity contribution in [3.8, 4) is 0 Å². The van der Waals surface area contributed by atoms with Crippen molar-refractivity contribution in [2.45, 2.75) is 32.1 Å². The van der Waals surface area contributed by atoms with E-state index in [2.05, 4.69) is 64.6 Å². The lowest BCUT2D eigenvalue weighted by molar-refractivity contribution is 0.300. The van der Waals surface area contributed by atoms with Crippen LogP contribution in [0.2, 0.25) is 0 Å². The molecule has 0 spiro atoms. The zero-order valence-corrected chi connectivity index (χ0v) is 15.7. The molecule has 1 fully saturated rings. The minimum Gasteiger partial charge on any atom is -0.295 e. The van der Waals surface area contributed by atoms with Crippen LogP contribution in [0.15, 0.2) is 78.4 Å². The van der Waals surface area contributed by atoms with E-state index in [1.54, 1.807) is 0 Å². The van der Waals surface area contributed by atoms with Gasteiger partial charge in [0, 0.05) is 31.0 Å². The Bertz CT molecular complexity index is 860. The quantitative estimate of drug-likeness (QED) is 0.506. The monoisotopic (exact) mass is 358 g/mol. The molecule has 1 aromatic heterocycles. The highest BCUT2D eigenvalue weighted by Gasteiger charge is 2.15. The maximum absolute atomic E-state index is 5.08. The van der Waals surface area contributed by atoms with E-state index < -0.39 is 0 Å². The van der Waals surface area contributed by atoms with Crippen molar-refractivity contribution in [1.82, 2.24) is 14.6 Å². The molecule has 0 atom stereocenters. The number of hydrogen-bond acceptors (Lipinski definition) is 3. The zero-order chi connectivity index (χ0) is 18.3. The van der Waals surface area contributed by atoms with Gasteiger partial charge in [-0.05, 0) is 30.4 Å². The van der Waals surface area contributed by atoms with Crippen LogP contribution in [0.1, 0.15) is 42.4 Å². The van der Waals surface area contributed by atoms with Gasteiger partial charge in [-0.2, -0.15) is 5.10 Å². The SMILES string of the molecule is c1ccc(Cc2ccccc2C(=NN2CCCCCC2)n2ccnc2)cc1. The van der Waals surface area contributed by atoms with Gasteiger partial charge < -0.3 is 0 Å². The molecule has 0 N–H and O–H groups in total. The Morgan fingerprint density at radius 3 is 2.37 bits per heavy atom. The molecule has 0 aliphatic carbocycles. The Kier molecular flexibility index (Phi) is 5.63. The fourth-order valence-corrected chi connectivity index (χ4v) is 3.63. The Labute approximate surface area is 161 Å². The van der Waals surface area contributed by atoms with E-state index in [9.17, 15) is 0 Å². The summed E-state index contributed by atoms with van der Waals surface area (Å²) in [6.07, 6.45) is 11.6. The Hall–Kier alpha value is -2.88. The van der Waals surface area contributed by atoms with Crippen LogP contribution in [0, 0.1) is 0 Å². The second kappa shape index (κ2) is 8.67. The predicted molar refractivity (Wildman–Crippen MR) is 110 cm³/mol. The van der Waals surface area contributed by atoms with Crippen LogP contribution in [0.5, 0.6) is 0 Å². The van der Waals surface area contributed by atoms with Crippen LogP contribution in [0.3, 0.4) is 0 Å². The molecule has 1 saturated heterocycles. The van der Waals surface area contributed by atoms with E-state index in [4.69, 9.17) is 5.10 Å². The standard InChI is InChI=1S/C23H26N4/c1-2-9-16-27(15-8-1)25-23(26-17-14-24-19-26)22-13-7-6-12-21(22)18-20-10-4-3-5-11-20/h3-7,10-14,17,19H,1-2,8-9,15-16,18H2. The molecular formula is C23H26N4. The van der Waals surface area contributed by atoms with Gasteiger partial charge in [0.15, 0.2) is 5.84 Å². The van der Waals surface area contributed by atoms with E-state index in [0.29, 0.717) is 0 Å². The Morgan fingerprint density at radius 2 is 1.63 bits per heavy atom. The lowest BCUT2D eigenvalue weighted by Crippen LogP contribution is -2.24. The Balaban J connectivity index is 1.72. The van der Waals surface area contributed by atoms with Crippen LogP contribution < -0.4 is 0 Å². The first-order valence-electron chi connectivity index (χ1n) is 9.84. The van der Waals surface area contributed by atoms with Crippen molar-refractivity contribution in [3.63, 3.8) is 0 Å². The molecule has 0 bridgehead atoms. The van der Waals surface area contributed by atoms with Crippen LogP contribution in [-0.4, -0.2) is 33.5 Å². The first-order chi connectivity index (χ1) is 13.4. The highest BCUT2D eigenvalue weighted by Crippen LogP contribution is 2.18. The van der Waals surface area contributed by atoms with Crippen molar-refractivity contribution in [2.75, 3.05) is 13.1 Å². The summed E-state index contributed by atoms with van der Waals surface area (Å²) in [7, 11) is 0. The zero-order valence-electron chi connectivity index (χ0n) is 15.7. The third kappa shape index (κ3) is 4.45. The summed E-state index contributed by atoms with van der Waals surface area (Å²) in [5, 5.41) is 7.32. The van der Waals surface area contributed by atoms with Gasteiger partial charge in [0.1, 0.15) is 6.33 Å². The van der Waals surface area contributed by atoms with Gasteiger partial charge in [-0.3, -0.25) is 9.58 Å². The minimum atomic E-state index is 0.894. The fourth-order valence-electron chi connectivity index (χ4n) is 3.63. The third-order valence-electron chi connectivity index (χ3n) is 5.06. The smallest absolute Gasteiger partial charge is 0.165 e. The summed E-state index contributed by atoms with van der Waals surface area (Å²) in [6, 6.07) is 19.2. The molecule has 3 aromatic rings. The Morgan fingerprint density at radius 1 is 0.889 bits per heavy atom. The van der Waals surface area contributed by atoms with Gasteiger partial charge in [-0.1, -0.05) is 67.4 Å². The third-order valence-corrected chi connectivity index (χ3v) is 5.06. The van der Waals surface area contributed by atoms with Gasteiger partial charge in [0.05, 0.1) is 0 Å². The van der Waals surface area contributed by atoms with E-state index >= 15 is 0 Å². The lowest BCUT2D eigenvalue weighted by Gasteiger charge is -2.20.